The van der Waals surface area contributed by atoms with Gasteiger partial charge in [-0.05, 0) is 35.9 Å². The molecule has 0 saturated heterocycles. The topological polar surface area (TPSA) is 38.3 Å². The predicted octanol–water partition coefficient (Wildman–Crippen LogP) is 5.15. The third kappa shape index (κ3) is 4.13. The Morgan fingerprint density at radius 2 is 2.00 bits per heavy atom. The number of carbonyl (C=O) groups is 1. The van der Waals surface area contributed by atoms with Gasteiger partial charge in [0, 0.05) is 16.0 Å². The molecule has 110 valence electrons. The van der Waals surface area contributed by atoms with Gasteiger partial charge in [-0.3, -0.25) is 0 Å². The lowest BCUT2D eigenvalue weighted by Crippen LogP contribution is -2.04. The number of ether oxygens (including phenoxy) is 1. The van der Waals surface area contributed by atoms with Gasteiger partial charge in [-0.1, -0.05) is 45.2 Å². The quantitative estimate of drug-likeness (QED) is 0.735. The van der Waals surface area contributed by atoms with Crippen LogP contribution >= 0.6 is 39.1 Å². The lowest BCUT2D eigenvalue weighted by molar-refractivity contribution is 0.0600. The first kappa shape index (κ1) is 16.1. The maximum atomic E-state index is 11.4. The molecule has 0 aromatic heterocycles. The molecule has 0 saturated carbocycles. The van der Waals surface area contributed by atoms with Gasteiger partial charge in [-0.15, -0.1) is 0 Å². The molecule has 0 aliphatic rings. The van der Waals surface area contributed by atoms with E-state index < -0.39 is 0 Å². The Balaban J connectivity index is 2.13. The summed E-state index contributed by atoms with van der Waals surface area (Å²) in [7, 11) is 1.35. The molecule has 0 aliphatic carbocycles. The molecule has 0 spiro atoms. The third-order valence-electron chi connectivity index (χ3n) is 2.87. The summed E-state index contributed by atoms with van der Waals surface area (Å²) in [5, 5.41) is 4.42. The van der Waals surface area contributed by atoms with Crippen molar-refractivity contribution in [1.29, 1.82) is 0 Å². The fourth-order valence-corrected chi connectivity index (χ4v) is 2.63. The van der Waals surface area contributed by atoms with Crippen LogP contribution in [0.2, 0.25) is 10.0 Å². The normalized spacial score (nSPS) is 10.3. The van der Waals surface area contributed by atoms with E-state index in [1.165, 1.54) is 7.11 Å². The second kappa shape index (κ2) is 7.16. The monoisotopic (exact) mass is 387 g/mol. The summed E-state index contributed by atoms with van der Waals surface area (Å²) in [6.07, 6.45) is 0. The Bertz CT molecular complexity index is 677. The van der Waals surface area contributed by atoms with Crippen molar-refractivity contribution in [2.75, 3.05) is 12.4 Å². The van der Waals surface area contributed by atoms with Crippen LogP contribution in [-0.2, 0) is 11.3 Å². The van der Waals surface area contributed by atoms with E-state index in [-0.39, 0.29) is 5.97 Å². The van der Waals surface area contributed by atoms with Gasteiger partial charge in [0.15, 0.2) is 0 Å². The number of methoxy groups -OCH3 is 1. The molecular weight excluding hydrogens is 377 g/mol. The van der Waals surface area contributed by atoms with Gasteiger partial charge < -0.3 is 10.1 Å². The summed E-state index contributed by atoms with van der Waals surface area (Å²) in [5.41, 5.74) is 2.24. The van der Waals surface area contributed by atoms with E-state index in [4.69, 9.17) is 23.2 Å². The fraction of sp³-hybridized carbons (Fsp3) is 0.133. The maximum Gasteiger partial charge on any atom is 0.337 e. The predicted molar refractivity (Wildman–Crippen MR) is 89.3 cm³/mol. The Kier molecular flexibility index (Phi) is 5.51. The number of carbonyl (C=O) groups excluding carboxylic acids is 1. The fourth-order valence-electron chi connectivity index (χ4n) is 1.76. The van der Waals surface area contributed by atoms with Crippen molar-refractivity contribution in [2.24, 2.45) is 0 Å². The molecule has 0 bridgehead atoms. The first-order valence-corrected chi connectivity index (χ1v) is 7.62. The lowest BCUT2D eigenvalue weighted by Gasteiger charge is -2.11. The van der Waals surface area contributed by atoms with Crippen molar-refractivity contribution in [1.82, 2.24) is 0 Å². The van der Waals surface area contributed by atoms with E-state index in [0.29, 0.717) is 22.2 Å². The molecule has 3 nitrogen and oxygen atoms in total. The summed E-state index contributed by atoms with van der Waals surface area (Å²) < 4.78 is 5.50. The standard InChI is InChI=1S/C15H12BrCl2NO2/c1-21-15(20)9-2-3-10(12(16)6-9)8-19-14-7-11(17)4-5-13(14)18/h2-7,19H,8H2,1H3. The van der Waals surface area contributed by atoms with Crippen LogP contribution in [0.3, 0.4) is 0 Å². The zero-order valence-electron chi connectivity index (χ0n) is 11.1. The Hall–Kier alpha value is -1.23. The van der Waals surface area contributed by atoms with Crippen LogP contribution in [0.5, 0.6) is 0 Å². The van der Waals surface area contributed by atoms with Crippen molar-refractivity contribution < 1.29 is 9.53 Å². The molecule has 0 aliphatic heterocycles. The number of anilines is 1. The minimum Gasteiger partial charge on any atom is -0.465 e. The van der Waals surface area contributed by atoms with Crippen LogP contribution in [0.4, 0.5) is 5.69 Å². The van der Waals surface area contributed by atoms with Crippen molar-refractivity contribution in [3.8, 4) is 0 Å². The number of benzene rings is 2. The Labute approximate surface area is 141 Å². The van der Waals surface area contributed by atoms with Gasteiger partial charge in [-0.25, -0.2) is 4.79 Å². The zero-order valence-corrected chi connectivity index (χ0v) is 14.2. The van der Waals surface area contributed by atoms with Gasteiger partial charge >= 0.3 is 5.97 Å². The van der Waals surface area contributed by atoms with Gasteiger partial charge in [0.05, 0.1) is 23.4 Å². The summed E-state index contributed by atoms with van der Waals surface area (Å²) in [5.74, 6) is -0.368. The van der Waals surface area contributed by atoms with Crippen LogP contribution in [0.25, 0.3) is 0 Å². The van der Waals surface area contributed by atoms with E-state index in [0.717, 1.165) is 15.7 Å². The zero-order chi connectivity index (χ0) is 15.4. The van der Waals surface area contributed by atoms with Crippen LogP contribution in [0, 0.1) is 0 Å². The van der Waals surface area contributed by atoms with Crippen LogP contribution < -0.4 is 5.32 Å². The van der Waals surface area contributed by atoms with Crippen molar-refractivity contribution >= 4 is 50.8 Å². The molecule has 21 heavy (non-hydrogen) atoms. The maximum absolute atomic E-state index is 11.4. The highest BCUT2D eigenvalue weighted by molar-refractivity contribution is 9.10. The summed E-state index contributed by atoms with van der Waals surface area (Å²) in [6.45, 7) is 0.544. The highest BCUT2D eigenvalue weighted by Crippen LogP contribution is 2.27. The summed E-state index contributed by atoms with van der Waals surface area (Å²) in [4.78, 5) is 11.4. The molecular formula is C15H12BrCl2NO2. The molecule has 2 rings (SSSR count). The lowest BCUT2D eigenvalue weighted by atomic mass is 10.1. The van der Waals surface area contributed by atoms with E-state index in [9.17, 15) is 4.79 Å². The summed E-state index contributed by atoms with van der Waals surface area (Å²) in [6, 6.07) is 10.5. The number of rotatable bonds is 4. The number of nitrogens with one attached hydrogen (secondary N) is 1. The number of hydrogen-bond donors (Lipinski definition) is 1. The molecule has 1 N–H and O–H groups in total. The molecule has 0 heterocycles. The Morgan fingerprint density at radius 1 is 1.24 bits per heavy atom. The number of hydrogen-bond acceptors (Lipinski definition) is 3. The van der Waals surface area contributed by atoms with E-state index in [1.54, 1.807) is 30.3 Å². The van der Waals surface area contributed by atoms with Crippen molar-refractivity contribution in [3.05, 3.63) is 62.0 Å². The second-order valence-electron chi connectivity index (χ2n) is 4.28. The first-order chi connectivity index (χ1) is 10.0. The molecule has 0 amide bonds. The first-order valence-electron chi connectivity index (χ1n) is 6.07. The average Bonchev–Trinajstić information content (AvgIpc) is 2.48. The number of halogens is 3. The molecule has 0 atom stereocenters. The average molecular weight is 389 g/mol. The molecule has 0 radical (unpaired) electrons. The highest BCUT2D eigenvalue weighted by Gasteiger charge is 2.09. The van der Waals surface area contributed by atoms with Crippen molar-refractivity contribution in [2.45, 2.75) is 6.54 Å². The van der Waals surface area contributed by atoms with Crippen molar-refractivity contribution in [3.63, 3.8) is 0 Å². The van der Waals surface area contributed by atoms with E-state index in [2.05, 4.69) is 26.0 Å². The van der Waals surface area contributed by atoms with Crippen LogP contribution in [-0.4, -0.2) is 13.1 Å². The van der Waals surface area contributed by atoms with Crippen LogP contribution in [0.15, 0.2) is 40.9 Å². The Morgan fingerprint density at radius 3 is 2.67 bits per heavy atom. The minimum atomic E-state index is -0.368. The largest absolute Gasteiger partial charge is 0.465 e. The molecule has 2 aromatic carbocycles. The molecule has 2 aromatic rings. The van der Waals surface area contributed by atoms with Gasteiger partial charge in [0.1, 0.15) is 0 Å². The molecule has 6 heteroatoms. The van der Waals surface area contributed by atoms with Gasteiger partial charge in [0.25, 0.3) is 0 Å². The van der Waals surface area contributed by atoms with Gasteiger partial charge in [0.2, 0.25) is 0 Å². The van der Waals surface area contributed by atoms with E-state index >= 15 is 0 Å². The summed E-state index contributed by atoms with van der Waals surface area (Å²) >= 11 is 15.5. The smallest absolute Gasteiger partial charge is 0.337 e. The molecule has 0 unspecified atom stereocenters. The SMILES string of the molecule is COC(=O)c1ccc(CNc2cc(Cl)ccc2Cl)c(Br)c1. The highest BCUT2D eigenvalue weighted by atomic mass is 79.9. The molecule has 0 fully saturated rings. The van der Waals surface area contributed by atoms with E-state index in [1.807, 2.05) is 6.07 Å². The minimum absolute atomic E-state index is 0.368. The third-order valence-corrected chi connectivity index (χ3v) is 4.17. The van der Waals surface area contributed by atoms with Gasteiger partial charge in [-0.2, -0.15) is 0 Å². The number of esters is 1. The second-order valence-corrected chi connectivity index (χ2v) is 5.97. The van der Waals surface area contributed by atoms with Crippen LogP contribution in [0.1, 0.15) is 15.9 Å².